The largest absolute Gasteiger partial charge is 0.384 e. The maximum absolute atomic E-state index is 12.9. The summed E-state index contributed by atoms with van der Waals surface area (Å²) in [5.74, 6) is -0.381. The van der Waals surface area contributed by atoms with E-state index in [4.69, 9.17) is 11.6 Å². The fourth-order valence-corrected chi connectivity index (χ4v) is 2.00. The molecule has 0 heterocycles. The Morgan fingerprint density at radius 2 is 1.77 bits per heavy atom. The third kappa shape index (κ3) is 4.44. The smallest absolute Gasteiger partial charge is 0.319 e. The lowest BCUT2D eigenvalue weighted by molar-refractivity contribution is 0.0599. The van der Waals surface area contributed by atoms with E-state index in [1.165, 1.54) is 24.3 Å². The first kappa shape index (κ1) is 16.3. The average Bonchev–Trinajstić information content (AvgIpc) is 2.48. The number of hydrogen-bond donors (Lipinski definition) is 3. The summed E-state index contributed by atoms with van der Waals surface area (Å²) in [6, 6.07) is 11.7. The van der Waals surface area contributed by atoms with Crippen LogP contribution in [0.2, 0.25) is 5.02 Å². The number of carbonyl (C=O) groups excluding carboxylic acids is 1. The minimum atomic E-state index is -1.30. The van der Waals surface area contributed by atoms with E-state index in [1.807, 2.05) is 0 Å². The van der Waals surface area contributed by atoms with Gasteiger partial charge in [-0.25, -0.2) is 9.18 Å². The van der Waals surface area contributed by atoms with Crippen LogP contribution in [0.1, 0.15) is 12.5 Å². The summed E-state index contributed by atoms with van der Waals surface area (Å²) >= 11 is 5.76. The molecule has 22 heavy (non-hydrogen) atoms. The van der Waals surface area contributed by atoms with Crippen molar-refractivity contribution in [2.24, 2.45) is 0 Å². The van der Waals surface area contributed by atoms with Gasteiger partial charge in [0.25, 0.3) is 0 Å². The van der Waals surface area contributed by atoms with Crippen LogP contribution >= 0.6 is 11.6 Å². The van der Waals surface area contributed by atoms with E-state index in [2.05, 4.69) is 10.6 Å². The molecule has 0 aromatic heterocycles. The number of rotatable bonds is 4. The zero-order valence-corrected chi connectivity index (χ0v) is 12.7. The quantitative estimate of drug-likeness (QED) is 0.806. The predicted molar refractivity (Wildman–Crippen MR) is 84.4 cm³/mol. The van der Waals surface area contributed by atoms with Crippen LogP contribution in [-0.4, -0.2) is 17.7 Å². The van der Waals surface area contributed by atoms with Crippen LogP contribution < -0.4 is 10.6 Å². The van der Waals surface area contributed by atoms with Gasteiger partial charge in [0.05, 0.1) is 6.54 Å². The molecule has 0 radical (unpaired) electrons. The molecule has 1 unspecified atom stereocenters. The molecule has 2 aromatic rings. The van der Waals surface area contributed by atoms with Gasteiger partial charge in [-0.05, 0) is 48.9 Å². The van der Waals surface area contributed by atoms with Gasteiger partial charge in [-0.1, -0.05) is 23.7 Å². The van der Waals surface area contributed by atoms with Crippen molar-refractivity contribution >= 4 is 23.3 Å². The molecule has 1 atom stereocenters. The molecule has 0 spiro atoms. The van der Waals surface area contributed by atoms with Gasteiger partial charge in [-0.15, -0.1) is 0 Å². The van der Waals surface area contributed by atoms with Gasteiger partial charge in [0.1, 0.15) is 11.4 Å². The lowest BCUT2D eigenvalue weighted by Crippen LogP contribution is -2.40. The molecule has 2 amide bonds. The van der Waals surface area contributed by atoms with E-state index in [9.17, 15) is 14.3 Å². The summed E-state index contributed by atoms with van der Waals surface area (Å²) in [7, 11) is 0. The lowest BCUT2D eigenvalue weighted by atomic mass is 9.96. The van der Waals surface area contributed by atoms with Crippen molar-refractivity contribution in [2.75, 3.05) is 11.9 Å². The molecular formula is C16H16ClFN2O2. The first-order chi connectivity index (χ1) is 10.4. The molecule has 0 aliphatic heterocycles. The van der Waals surface area contributed by atoms with Gasteiger partial charge >= 0.3 is 6.03 Å². The normalized spacial score (nSPS) is 13.3. The average molecular weight is 323 g/mol. The van der Waals surface area contributed by atoms with Crippen molar-refractivity contribution in [2.45, 2.75) is 12.5 Å². The number of carbonyl (C=O) groups is 1. The number of urea groups is 1. The van der Waals surface area contributed by atoms with Crippen molar-refractivity contribution in [3.8, 4) is 0 Å². The number of anilines is 1. The molecule has 4 nitrogen and oxygen atoms in total. The van der Waals surface area contributed by atoms with Gasteiger partial charge in [0.15, 0.2) is 0 Å². The van der Waals surface area contributed by atoms with Crippen molar-refractivity contribution in [1.82, 2.24) is 5.32 Å². The van der Waals surface area contributed by atoms with E-state index < -0.39 is 11.6 Å². The van der Waals surface area contributed by atoms with E-state index >= 15 is 0 Å². The Labute approximate surface area is 132 Å². The molecule has 0 saturated carbocycles. The van der Waals surface area contributed by atoms with Crippen molar-refractivity contribution in [3.05, 3.63) is 64.9 Å². The first-order valence-electron chi connectivity index (χ1n) is 6.66. The van der Waals surface area contributed by atoms with Crippen LogP contribution in [0, 0.1) is 5.82 Å². The number of amides is 2. The predicted octanol–water partition coefficient (Wildman–Crippen LogP) is 3.51. The van der Waals surface area contributed by atoms with E-state index in [-0.39, 0.29) is 12.4 Å². The Balaban J connectivity index is 1.92. The molecular weight excluding hydrogens is 307 g/mol. The maximum atomic E-state index is 12.9. The highest BCUT2D eigenvalue weighted by Gasteiger charge is 2.23. The number of aliphatic hydroxyl groups is 1. The zero-order chi connectivity index (χ0) is 16.2. The first-order valence-corrected chi connectivity index (χ1v) is 7.03. The Kier molecular flexibility index (Phi) is 5.00. The fraction of sp³-hybridized carbons (Fsp3) is 0.188. The number of benzene rings is 2. The molecule has 0 bridgehead atoms. The summed E-state index contributed by atoms with van der Waals surface area (Å²) in [6.45, 7) is 1.53. The molecule has 6 heteroatoms. The summed E-state index contributed by atoms with van der Waals surface area (Å²) in [6.07, 6.45) is 0. The summed E-state index contributed by atoms with van der Waals surface area (Å²) < 4.78 is 12.9. The van der Waals surface area contributed by atoms with Crippen molar-refractivity contribution < 1.29 is 14.3 Å². The molecule has 0 aliphatic carbocycles. The minimum Gasteiger partial charge on any atom is -0.384 e. The Hall–Kier alpha value is -2.11. The molecule has 3 N–H and O–H groups in total. The highest BCUT2D eigenvalue weighted by molar-refractivity contribution is 6.30. The molecule has 116 valence electrons. The fourth-order valence-electron chi connectivity index (χ4n) is 1.87. The third-order valence-electron chi connectivity index (χ3n) is 3.16. The van der Waals surface area contributed by atoms with Crippen LogP contribution in [0.25, 0.3) is 0 Å². The van der Waals surface area contributed by atoms with Gasteiger partial charge < -0.3 is 15.7 Å². The topological polar surface area (TPSA) is 61.4 Å². The zero-order valence-electron chi connectivity index (χ0n) is 11.9. The van der Waals surface area contributed by atoms with Crippen molar-refractivity contribution in [1.29, 1.82) is 0 Å². The van der Waals surface area contributed by atoms with E-state index in [1.54, 1.807) is 31.2 Å². The van der Waals surface area contributed by atoms with Crippen LogP contribution in [0.5, 0.6) is 0 Å². The van der Waals surface area contributed by atoms with Crippen LogP contribution in [-0.2, 0) is 5.60 Å². The second-order valence-electron chi connectivity index (χ2n) is 5.10. The minimum absolute atomic E-state index is 0.0158. The van der Waals surface area contributed by atoms with E-state index in [0.29, 0.717) is 16.3 Å². The van der Waals surface area contributed by atoms with Crippen LogP contribution in [0.4, 0.5) is 14.9 Å². The molecule has 0 saturated heterocycles. The second-order valence-corrected chi connectivity index (χ2v) is 5.53. The van der Waals surface area contributed by atoms with Crippen LogP contribution in [0.3, 0.4) is 0 Å². The van der Waals surface area contributed by atoms with Crippen molar-refractivity contribution in [3.63, 3.8) is 0 Å². The summed E-state index contributed by atoms with van der Waals surface area (Å²) in [4.78, 5) is 11.8. The Morgan fingerprint density at radius 3 is 2.36 bits per heavy atom. The van der Waals surface area contributed by atoms with Gasteiger partial charge in [0.2, 0.25) is 0 Å². The summed E-state index contributed by atoms with van der Waals surface area (Å²) in [5.41, 5.74) is -0.200. The Morgan fingerprint density at radius 1 is 1.18 bits per heavy atom. The molecule has 0 aliphatic rings. The number of halogens is 2. The SMILES string of the molecule is CC(O)(CNC(=O)Nc1ccc(Cl)cc1)c1ccc(F)cc1. The lowest BCUT2D eigenvalue weighted by Gasteiger charge is -2.24. The molecule has 0 fully saturated rings. The highest BCUT2D eigenvalue weighted by atomic mass is 35.5. The maximum Gasteiger partial charge on any atom is 0.319 e. The van der Waals surface area contributed by atoms with E-state index in [0.717, 1.165) is 0 Å². The number of hydrogen-bond acceptors (Lipinski definition) is 2. The third-order valence-corrected chi connectivity index (χ3v) is 3.41. The van der Waals surface area contributed by atoms with Gasteiger partial charge in [0, 0.05) is 10.7 Å². The summed E-state index contributed by atoms with van der Waals surface area (Å²) in [5, 5.41) is 16.1. The molecule has 2 rings (SSSR count). The number of nitrogens with one attached hydrogen (secondary N) is 2. The van der Waals surface area contributed by atoms with Gasteiger partial charge in [-0.2, -0.15) is 0 Å². The van der Waals surface area contributed by atoms with Gasteiger partial charge in [-0.3, -0.25) is 0 Å². The Bertz CT molecular complexity index is 642. The van der Waals surface area contributed by atoms with Crippen LogP contribution in [0.15, 0.2) is 48.5 Å². The second kappa shape index (κ2) is 6.77. The highest BCUT2D eigenvalue weighted by Crippen LogP contribution is 2.20. The monoisotopic (exact) mass is 322 g/mol. The molecule has 2 aromatic carbocycles. The standard InChI is InChI=1S/C16H16ClFN2O2/c1-16(22,11-2-6-13(18)7-3-11)10-19-15(21)20-14-8-4-12(17)5-9-14/h2-9,22H,10H2,1H3,(H2,19,20,21).